The van der Waals surface area contributed by atoms with Crippen molar-refractivity contribution in [2.75, 3.05) is 31.1 Å². The molecule has 0 aromatic carbocycles. The highest BCUT2D eigenvalue weighted by atomic mass is 16.5. The minimum absolute atomic E-state index is 0.0946. The van der Waals surface area contributed by atoms with Gasteiger partial charge in [-0.15, -0.1) is 0 Å². The molecule has 20 heavy (non-hydrogen) atoms. The second-order valence-electron chi connectivity index (χ2n) is 5.13. The van der Waals surface area contributed by atoms with Crippen LogP contribution in [0.1, 0.15) is 19.0 Å². The summed E-state index contributed by atoms with van der Waals surface area (Å²) in [5.74, 6) is 1.09. The molecule has 0 amide bonds. The van der Waals surface area contributed by atoms with E-state index in [4.69, 9.17) is 10.5 Å². The molecule has 1 aliphatic rings. The van der Waals surface area contributed by atoms with E-state index in [-0.39, 0.29) is 6.10 Å². The molecule has 0 aliphatic carbocycles. The molecule has 1 unspecified atom stereocenters. The Morgan fingerprint density at radius 1 is 1.50 bits per heavy atom. The van der Waals surface area contributed by atoms with E-state index >= 15 is 0 Å². The highest BCUT2D eigenvalue weighted by molar-refractivity contribution is 5.51. The van der Waals surface area contributed by atoms with Crippen LogP contribution >= 0.6 is 0 Å². The summed E-state index contributed by atoms with van der Waals surface area (Å²) in [4.78, 5) is 6.93. The second-order valence-corrected chi connectivity index (χ2v) is 5.13. The number of nitrogens with two attached hydrogens (primary N) is 1. The predicted molar refractivity (Wildman–Crippen MR) is 78.0 cm³/mol. The van der Waals surface area contributed by atoms with Crippen molar-refractivity contribution in [3.8, 4) is 0 Å². The summed E-state index contributed by atoms with van der Waals surface area (Å²) in [6.07, 6.45) is 3.96. The van der Waals surface area contributed by atoms with E-state index in [9.17, 15) is 0 Å². The monoisotopic (exact) mass is 275 g/mol. The molecule has 6 heteroatoms. The van der Waals surface area contributed by atoms with Gasteiger partial charge in [-0.1, -0.05) is 13.3 Å². The molecule has 1 aliphatic heterocycles. The van der Waals surface area contributed by atoms with Crippen molar-refractivity contribution in [2.24, 2.45) is 5.73 Å². The summed E-state index contributed by atoms with van der Waals surface area (Å²) in [6, 6.07) is 4.09. The molecule has 0 bridgehead atoms. The maximum atomic E-state index is 5.73. The molecule has 3 heterocycles. The Balaban J connectivity index is 1.98. The second kappa shape index (κ2) is 5.76. The van der Waals surface area contributed by atoms with Crippen LogP contribution in [0.4, 0.5) is 5.82 Å². The lowest BCUT2D eigenvalue weighted by atomic mass is 10.2. The highest BCUT2D eigenvalue weighted by Gasteiger charge is 2.22. The van der Waals surface area contributed by atoms with Crippen LogP contribution in [0.5, 0.6) is 0 Å². The Labute approximate surface area is 118 Å². The predicted octanol–water partition coefficient (Wildman–Crippen LogP) is 0.846. The SMILES string of the molecule is CCCc1cc(N2CCOC(CN)C2)n2nccc2n1. The molecule has 0 saturated carbocycles. The topological polar surface area (TPSA) is 68.7 Å². The summed E-state index contributed by atoms with van der Waals surface area (Å²) in [7, 11) is 0. The van der Waals surface area contributed by atoms with Gasteiger partial charge in [-0.3, -0.25) is 0 Å². The third kappa shape index (κ3) is 2.48. The lowest BCUT2D eigenvalue weighted by Crippen LogP contribution is -2.46. The molecular formula is C14H21N5O. The Hall–Kier alpha value is -1.66. The zero-order valence-corrected chi connectivity index (χ0v) is 11.8. The molecule has 1 atom stereocenters. The van der Waals surface area contributed by atoms with Crippen molar-refractivity contribution in [1.82, 2.24) is 14.6 Å². The Kier molecular flexibility index (Phi) is 3.84. The van der Waals surface area contributed by atoms with Crippen molar-refractivity contribution in [2.45, 2.75) is 25.9 Å². The number of morpholine rings is 1. The fourth-order valence-corrected chi connectivity index (χ4v) is 2.63. The number of aryl methyl sites for hydroxylation is 1. The number of hydrogen-bond acceptors (Lipinski definition) is 5. The number of fused-ring (bicyclic) bond motifs is 1. The molecular weight excluding hydrogens is 254 g/mol. The van der Waals surface area contributed by atoms with Gasteiger partial charge in [0.25, 0.3) is 0 Å². The fourth-order valence-electron chi connectivity index (χ4n) is 2.63. The van der Waals surface area contributed by atoms with Crippen molar-refractivity contribution in [1.29, 1.82) is 0 Å². The van der Waals surface area contributed by atoms with E-state index in [2.05, 4.69) is 28.0 Å². The van der Waals surface area contributed by atoms with Crippen molar-refractivity contribution in [3.05, 3.63) is 24.0 Å². The third-order valence-corrected chi connectivity index (χ3v) is 3.63. The van der Waals surface area contributed by atoms with Crippen LogP contribution in [0, 0.1) is 0 Å². The van der Waals surface area contributed by atoms with Gasteiger partial charge in [0.05, 0.1) is 18.9 Å². The van der Waals surface area contributed by atoms with Gasteiger partial charge < -0.3 is 15.4 Å². The molecule has 3 rings (SSSR count). The maximum absolute atomic E-state index is 5.73. The largest absolute Gasteiger partial charge is 0.373 e. The summed E-state index contributed by atoms with van der Waals surface area (Å²) in [5.41, 5.74) is 7.75. The van der Waals surface area contributed by atoms with E-state index in [0.717, 1.165) is 43.1 Å². The summed E-state index contributed by atoms with van der Waals surface area (Å²) >= 11 is 0. The van der Waals surface area contributed by atoms with Crippen LogP contribution < -0.4 is 10.6 Å². The van der Waals surface area contributed by atoms with Crippen LogP contribution in [0.25, 0.3) is 5.65 Å². The van der Waals surface area contributed by atoms with Gasteiger partial charge in [0.15, 0.2) is 5.65 Å². The molecule has 6 nitrogen and oxygen atoms in total. The Morgan fingerprint density at radius 2 is 2.40 bits per heavy atom. The van der Waals surface area contributed by atoms with Gasteiger partial charge >= 0.3 is 0 Å². The number of hydrogen-bond donors (Lipinski definition) is 1. The van der Waals surface area contributed by atoms with Crippen molar-refractivity contribution >= 4 is 11.5 Å². The van der Waals surface area contributed by atoms with Gasteiger partial charge in [0.2, 0.25) is 0 Å². The Morgan fingerprint density at radius 3 is 3.20 bits per heavy atom. The lowest BCUT2D eigenvalue weighted by molar-refractivity contribution is 0.0461. The van der Waals surface area contributed by atoms with E-state index < -0.39 is 0 Å². The number of aromatic nitrogens is 3. The number of ether oxygens (including phenoxy) is 1. The van der Waals surface area contributed by atoms with Crippen LogP contribution in [0.2, 0.25) is 0 Å². The first kappa shape index (κ1) is 13.3. The number of rotatable bonds is 4. The first-order valence-electron chi connectivity index (χ1n) is 7.22. The van der Waals surface area contributed by atoms with E-state index in [1.807, 2.05) is 10.6 Å². The molecule has 1 saturated heterocycles. The van der Waals surface area contributed by atoms with Gasteiger partial charge in [-0.25, -0.2) is 4.98 Å². The summed E-state index contributed by atoms with van der Waals surface area (Å²) in [6.45, 7) is 5.09. The zero-order chi connectivity index (χ0) is 13.9. The van der Waals surface area contributed by atoms with Crippen molar-refractivity contribution < 1.29 is 4.74 Å². The van der Waals surface area contributed by atoms with Crippen LogP contribution in [-0.2, 0) is 11.2 Å². The average molecular weight is 275 g/mol. The molecule has 1 fully saturated rings. The summed E-state index contributed by atoms with van der Waals surface area (Å²) < 4.78 is 7.54. The van der Waals surface area contributed by atoms with Crippen LogP contribution in [-0.4, -0.2) is 46.9 Å². The van der Waals surface area contributed by atoms with E-state index in [1.165, 1.54) is 0 Å². The third-order valence-electron chi connectivity index (χ3n) is 3.63. The molecule has 2 aromatic rings. The van der Waals surface area contributed by atoms with Crippen LogP contribution in [0.15, 0.2) is 18.3 Å². The molecule has 108 valence electrons. The minimum atomic E-state index is 0.0946. The van der Waals surface area contributed by atoms with Crippen molar-refractivity contribution in [3.63, 3.8) is 0 Å². The zero-order valence-electron chi connectivity index (χ0n) is 11.8. The lowest BCUT2D eigenvalue weighted by Gasteiger charge is -2.34. The number of nitrogens with zero attached hydrogens (tertiary/aromatic N) is 4. The molecule has 2 N–H and O–H groups in total. The highest BCUT2D eigenvalue weighted by Crippen LogP contribution is 2.20. The quantitative estimate of drug-likeness (QED) is 0.895. The fraction of sp³-hybridized carbons (Fsp3) is 0.571. The first-order chi connectivity index (χ1) is 9.81. The van der Waals surface area contributed by atoms with Gasteiger partial charge in [0, 0.05) is 37.5 Å². The van der Waals surface area contributed by atoms with E-state index in [1.54, 1.807) is 6.20 Å². The smallest absolute Gasteiger partial charge is 0.157 e. The first-order valence-corrected chi connectivity index (χ1v) is 7.22. The molecule has 0 spiro atoms. The van der Waals surface area contributed by atoms with Gasteiger partial charge in [-0.2, -0.15) is 9.61 Å². The normalized spacial score (nSPS) is 19.7. The maximum Gasteiger partial charge on any atom is 0.157 e. The standard InChI is InChI=1S/C14H21N5O/c1-2-3-11-8-14(19-13(17-11)4-5-16-19)18-6-7-20-12(9-15)10-18/h4-5,8,12H,2-3,6-7,9-10,15H2,1H3. The average Bonchev–Trinajstić information content (AvgIpc) is 2.95. The molecule has 2 aromatic heterocycles. The van der Waals surface area contributed by atoms with Crippen LogP contribution in [0.3, 0.4) is 0 Å². The molecule has 0 radical (unpaired) electrons. The summed E-state index contributed by atoms with van der Waals surface area (Å²) in [5, 5.41) is 4.39. The number of anilines is 1. The van der Waals surface area contributed by atoms with Gasteiger partial charge in [0.1, 0.15) is 5.82 Å². The minimum Gasteiger partial charge on any atom is -0.373 e. The van der Waals surface area contributed by atoms with Gasteiger partial charge in [-0.05, 0) is 6.42 Å². The Bertz CT molecular complexity index is 582. The van der Waals surface area contributed by atoms with E-state index in [0.29, 0.717) is 13.2 Å².